The fourth-order valence-corrected chi connectivity index (χ4v) is 1.85. The molecular formula is C14H20Cl2N2O3. The van der Waals surface area contributed by atoms with Crippen molar-refractivity contribution in [2.45, 2.75) is 12.5 Å². The van der Waals surface area contributed by atoms with Crippen LogP contribution in [0.3, 0.4) is 0 Å². The number of nitrogens with zero attached hydrogens (tertiary/aromatic N) is 1. The first-order valence-corrected chi connectivity index (χ1v) is 7.32. The summed E-state index contributed by atoms with van der Waals surface area (Å²) in [7, 11) is 3.42. The average molecular weight is 335 g/mol. The lowest BCUT2D eigenvalue weighted by Gasteiger charge is -2.15. The molecule has 1 aromatic rings. The molecule has 0 fully saturated rings. The van der Waals surface area contributed by atoms with Crippen molar-refractivity contribution in [2.24, 2.45) is 0 Å². The van der Waals surface area contributed by atoms with Gasteiger partial charge in [-0.1, -0.05) is 23.2 Å². The third-order valence-corrected chi connectivity index (χ3v) is 3.27. The summed E-state index contributed by atoms with van der Waals surface area (Å²) in [4.78, 5) is 12.9. The van der Waals surface area contributed by atoms with Crippen LogP contribution in [0.2, 0.25) is 10.0 Å². The van der Waals surface area contributed by atoms with Crippen molar-refractivity contribution in [1.82, 2.24) is 10.2 Å². The van der Waals surface area contributed by atoms with Crippen molar-refractivity contribution in [2.75, 3.05) is 33.8 Å². The predicted octanol–water partition coefficient (Wildman–Crippen LogP) is 1.80. The molecule has 5 nitrogen and oxygen atoms in total. The highest BCUT2D eigenvalue weighted by Crippen LogP contribution is 2.27. The van der Waals surface area contributed by atoms with Gasteiger partial charge >= 0.3 is 0 Å². The van der Waals surface area contributed by atoms with Crippen molar-refractivity contribution in [3.05, 3.63) is 28.2 Å². The monoisotopic (exact) mass is 334 g/mol. The maximum Gasteiger partial charge on any atom is 0.223 e. The summed E-state index contributed by atoms with van der Waals surface area (Å²) in [5.41, 5.74) is 0. The molecule has 21 heavy (non-hydrogen) atoms. The zero-order chi connectivity index (χ0) is 15.8. The first-order chi connectivity index (χ1) is 9.90. The molecule has 0 saturated carbocycles. The van der Waals surface area contributed by atoms with Crippen LogP contribution in [-0.4, -0.2) is 55.8 Å². The zero-order valence-electron chi connectivity index (χ0n) is 12.1. The molecular weight excluding hydrogens is 315 g/mol. The number of rotatable bonds is 8. The second-order valence-electron chi connectivity index (χ2n) is 4.78. The van der Waals surface area contributed by atoms with E-state index < -0.39 is 6.10 Å². The number of aliphatic hydroxyl groups excluding tert-OH is 1. The van der Waals surface area contributed by atoms with E-state index in [4.69, 9.17) is 27.9 Å². The molecule has 7 heteroatoms. The zero-order valence-corrected chi connectivity index (χ0v) is 13.6. The number of halogens is 2. The van der Waals surface area contributed by atoms with E-state index in [1.807, 2.05) is 0 Å². The van der Waals surface area contributed by atoms with E-state index in [-0.39, 0.29) is 12.5 Å². The van der Waals surface area contributed by atoms with Crippen LogP contribution in [-0.2, 0) is 4.79 Å². The Hall–Kier alpha value is -1.01. The van der Waals surface area contributed by atoms with Gasteiger partial charge in [-0.2, -0.15) is 0 Å². The maximum atomic E-state index is 11.3. The molecule has 0 spiro atoms. The second-order valence-corrected chi connectivity index (χ2v) is 5.63. The molecule has 1 rings (SSSR count). The molecule has 0 heterocycles. The van der Waals surface area contributed by atoms with Crippen molar-refractivity contribution < 1.29 is 14.6 Å². The minimum absolute atomic E-state index is 0.0407. The van der Waals surface area contributed by atoms with Crippen LogP contribution in [0, 0.1) is 0 Å². The molecule has 0 bridgehead atoms. The van der Waals surface area contributed by atoms with Crippen LogP contribution in [0.1, 0.15) is 6.42 Å². The molecule has 0 aliphatic carbocycles. The number of aliphatic hydroxyl groups is 1. The van der Waals surface area contributed by atoms with Gasteiger partial charge in [0.05, 0.1) is 5.02 Å². The number of ether oxygens (including phenoxy) is 1. The fourth-order valence-electron chi connectivity index (χ4n) is 1.52. The lowest BCUT2D eigenvalue weighted by atomic mass is 10.3. The molecule has 0 aromatic heterocycles. The molecule has 0 aliphatic rings. The second kappa shape index (κ2) is 9.10. The Morgan fingerprint density at radius 1 is 1.43 bits per heavy atom. The van der Waals surface area contributed by atoms with E-state index in [9.17, 15) is 9.90 Å². The molecule has 1 atom stereocenters. The Kier molecular flexibility index (Phi) is 7.82. The number of hydrogen-bond donors (Lipinski definition) is 2. The maximum absolute atomic E-state index is 11.3. The summed E-state index contributed by atoms with van der Waals surface area (Å²) in [5, 5.41) is 13.7. The molecule has 1 amide bonds. The van der Waals surface area contributed by atoms with E-state index in [0.29, 0.717) is 35.3 Å². The Bertz CT molecular complexity index is 470. The summed E-state index contributed by atoms with van der Waals surface area (Å²) in [5.74, 6) is 0.477. The topological polar surface area (TPSA) is 61.8 Å². The van der Waals surface area contributed by atoms with Gasteiger partial charge in [0.1, 0.15) is 18.5 Å². The molecule has 2 N–H and O–H groups in total. The predicted molar refractivity (Wildman–Crippen MR) is 84.1 cm³/mol. The lowest BCUT2D eigenvalue weighted by molar-refractivity contribution is -0.128. The molecule has 1 aromatic carbocycles. The number of hydrogen-bond acceptors (Lipinski definition) is 4. The van der Waals surface area contributed by atoms with Crippen molar-refractivity contribution in [3.63, 3.8) is 0 Å². The Balaban J connectivity index is 2.23. The van der Waals surface area contributed by atoms with E-state index in [1.54, 1.807) is 32.3 Å². The van der Waals surface area contributed by atoms with Crippen molar-refractivity contribution in [3.8, 4) is 5.75 Å². The van der Waals surface area contributed by atoms with Gasteiger partial charge in [0.2, 0.25) is 5.91 Å². The molecule has 1 unspecified atom stereocenters. The summed E-state index contributed by atoms with van der Waals surface area (Å²) >= 11 is 11.8. The summed E-state index contributed by atoms with van der Waals surface area (Å²) in [6.07, 6.45) is -0.310. The SMILES string of the molecule is CN(C)C(=O)CCNCC(O)COc1cc(Cl)ccc1Cl. The highest BCUT2D eigenvalue weighted by Gasteiger charge is 2.09. The van der Waals surface area contributed by atoms with Crippen LogP contribution in [0.5, 0.6) is 5.75 Å². The normalized spacial score (nSPS) is 12.0. The summed E-state index contributed by atoms with van der Waals surface area (Å²) in [6, 6.07) is 4.90. The van der Waals surface area contributed by atoms with Crippen LogP contribution in [0.15, 0.2) is 18.2 Å². The molecule has 0 saturated heterocycles. The fraction of sp³-hybridized carbons (Fsp3) is 0.500. The van der Waals surface area contributed by atoms with E-state index in [0.717, 1.165) is 0 Å². The molecule has 0 aliphatic heterocycles. The number of carbonyl (C=O) groups excluding carboxylic acids is 1. The highest BCUT2D eigenvalue weighted by atomic mass is 35.5. The number of amides is 1. The van der Waals surface area contributed by atoms with E-state index >= 15 is 0 Å². The first kappa shape index (κ1) is 18.0. The standard InChI is InChI=1S/C14H20Cl2N2O3/c1-18(2)14(20)5-6-17-8-11(19)9-21-13-7-10(15)3-4-12(13)16/h3-4,7,11,17,19H,5-6,8-9H2,1-2H3. The average Bonchev–Trinajstić information content (AvgIpc) is 2.44. The Morgan fingerprint density at radius 2 is 2.14 bits per heavy atom. The summed E-state index contributed by atoms with van der Waals surface area (Å²) in [6.45, 7) is 0.930. The molecule has 0 radical (unpaired) electrons. The Morgan fingerprint density at radius 3 is 2.81 bits per heavy atom. The van der Waals surface area contributed by atoms with E-state index in [1.165, 1.54) is 4.90 Å². The third kappa shape index (κ3) is 7.00. The van der Waals surface area contributed by atoms with Crippen molar-refractivity contribution >= 4 is 29.1 Å². The Labute approximate surface area is 134 Å². The van der Waals surface area contributed by atoms with Crippen LogP contribution < -0.4 is 10.1 Å². The summed E-state index contributed by atoms with van der Waals surface area (Å²) < 4.78 is 5.41. The minimum atomic E-state index is -0.700. The van der Waals surface area contributed by atoms with Crippen LogP contribution in [0.4, 0.5) is 0 Å². The van der Waals surface area contributed by atoms with Gasteiger partial charge in [0, 0.05) is 44.7 Å². The number of nitrogens with one attached hydrogen (secondary N) is 1. The number of carbonyl (C=O) groups is 1. The number of benzene rings is 1. The van der Waals surface area contributed by atoms with Crippen LogP contribution >= 0.6 is 23.2 Å². The van der Waals surface area contributed by atoms with Gasteiger partial charge in [-0.15, -0.1) is 0 Å². The third-order valence-electron chi connectivity index (χ3n) is 2.72. The van der Waals surface area contributed by atoms with Gasteiger partial charge < -0.3 is 20.1 Å². The van der Waals surface area contributed by atoms with Crippen molar-refractivity contribution in [1.29, 1.82) is 0 Å². The van der Waals surface area contributed by atoms with Gasteiger partial charge in [0.15, 0.2) is 0 Å². The minimum Gasteiger partial charge on any atom is -0.489 e. The van der Waals surface area contributed by atoms with Gasteiger partial charge in [-0.3, -0.25) is 4.79 Å². The first-order valence-electron chi connectivity index (χ1n) is 6.57. The molecule has 118 valence electrons. The van der Waals surface area contributed by atoms with E-state index in [2.05, 4.69) is 5.32 Å². The lowest BCUT2D eigenvalue weighted by Crippen LogP contribution is -2.34. The largest absolute Gasteiger partial charge is 0.489 e. The van der Waals surface area contributed by atoms with Gasteiger partial charge in [0.25, 0.3) is 0 Å². The van der Waals surface area contributed by atoms with Crippen LogP contribution in [0.25, 0.3) is 0 Å². The van der Waals surface area contributed by atoms with Gasteiger partial charge in [-0.25, -0.2) is 0 Å². The highest BCUT2D eigenvalue weighted by molar-refractivity contribution is 6.34. The smallest absolute Gasteiger partial charge is 0.223 e. The van der Waals surface area contributed by atoms with Gasteiger partial charge in [-0.05, 0) is 12.1 Å². The quantitative estimate of drug-likeness (QED) is 0.711.